The van der Waals surface area contributed by atoms with Crippen molar-refractivity contribution in [1.82, 2.24) is 0 Å². The molecule has 0 aliphatic heterocycles. The molecular formula is C14H14BrClN2. The third-order valence-electron chi connectivity index (χ3n) is 2.69. The van der Waals surface area contributed by atoms with Gasteiger partial charge in [0.2, 0.25) is 0 Å². The summed E-state index contributed by atoms with van der Waals surface area (Å²) in [4.78, 5) is 0. The highest BCUT2D eigenvalue weighted by molar-refractivity contribution is 9.10. The molecule has 3 N–H and O–H groups in total. The van der Waals surface area contributed by atoms with Crippen LogP contribution in [0.5, 0.6) is 0 Å². The lowest BCUT2D eigenvalue weighted by atomic mass is 10.1. The van der Waals surface area contributed by atoms with Crippen LogP contribution in [0.25, 0.3) is 0 Å². The molecule has 0 bridgehead atoms. The predicted molar refractivity (Wildman–Crippen MR) is 81.0 cm³/mol. The fraction of sp³-hybridized carbons (Fsp3) is 0.143. The smallest absolute Gasteiger partial charge is 0.0647 e. The standard InChI is InChI=1S/C14H14BrClN2/c15-13-8-10(16)6-7-12(13)14(9-17)18-11-4-2-1-3-5-11/h1-8,14,18H,9,17H2. The lowest BCUT2D eigenvalue weighted by Crippen LogP contribution is -2.20. The Kier molecular flexibility index (Phi) is 4.64. The van der Waals surface area contributed by atoms with Crippen LogP contribution in [0.15, 0.2) is 53.0 Å². The Morgan fingerprint density at radius 1 is 1.17 bits per heavy atom. The fourth-order valence-electron chi connectivity index (χ4n) is 1.78. The zero-order valence-electron chi connectivity index (χ0n) is 9.74. The minimum Gasteiger partial charge on any atom is -0.377 e. The number of nitrogens with two attached hydrogens (primary N) is 1. The average Bonchev–Trinajstić information content (AvgIpc) is 2.38. The number of para-hydroxylation sites is 1. The minimum absolute atomic E-state index is 0.0547. The molecule has 18 heavy (non-hydrogen) atoms. The summed E-state index contributed by atoms with van der Waals surface area (Å²) < 4.78 is 0.967. The Morgan fingerprint density at radius 3 is 2.50 bits per heavy atom. The minimum atomic E-state index is 0.0547. The molecule has 0 heterocycles. The van der Waals surface area contributed by atoms with Gasteiger partial charge in [-0.3, -0.25) is 0 Å². The number of hydrogen-bond acceptors (Lipinski definition) is 2. The molecule has 0 aliphatic carbocycles. The molecule has 0 saturated heterocycles. The van der Waals surface area contributed by atoms with Crippen molar-refractivity contribution >= 4 is 33.2 Å². The molecule has 0 radical (unpaired) electrons. The second kappa shape index (κ2) is 6.23. The average molecular weight is 326 g/mol. The molecule has 0 aromatic heterocycles. The van der Waals surface area contributed by atoms with E-state index < -0.39 is 0 Å². The molecule has 0 aliphatic rings. The highest BCUT2D eigenvalue weighted by Gasteiger charge is 2.12. The van der Waals surface area contributed by atoms with Gasteiger partial charge in [0.15, 0.2) is 0 Å². The van der Waals surface area contributed by atoms with Crippen molar-refractivity contribution in [2.75, 3.05) is 11.9 Å². The monoisotopic (exact) mass is 324 g/mol. The molecule has 2 aromatic rings. The maximum atomic E-state index is 5.94. The van der Waals surface area contributed by atoms with Gasteiger partial charge in [0.1, 0.15) is 0 Å². The molecule has 4 heteroatoms. The van der Waals surface area contributed by atoms with E-state index in [2.05, 4.69) is 21.2 Å². The van der Waals surface area contributed by atoms with Gasteiger partial charge in [-0.2, -0.15) is 0 Å². The van der Waals surface area contributed by atoms with Crippen LogP contribution in [0.3, 0.4) is 0 Å². The highest BCUT2D eigenvalue weighted by Crippen LogP contribution is 2.28. The second-order valence-electron chi connectivity index (χ2n) is 3.96. The number of nitrogens with one attached hydrogen (secondary N) is 1. The van der Waals surface area contributed by atoms with Crippen molar-refractivity contribution in [3.63, 3.8) is 0 Å². The zero-order chi connectivity index (χ0) is 13.0. The summed E-state index contributed by atoms with van der Waals surface area (Å²) >= 11 is 9.47. The van der Waals surface area contributed by atoms with E-state index in [4.69, 9.17) is 17.3 Å². The molecule has 0 spiro atoms. The van der Waals surface area contributed by atoms with Gasteiger partial charge in [-0.25, -0.2) is 0 Å². The van der Waals surface area contributed by atoms with E-state index >= 15 is 0 Å². The Hall–Kier alpha value is -1.03. The molecule has 2 nitrogen and oxygen atoms in total. The topological polar surface area (TPSA) is 38.0 Å². The number of halogens is 2. The van der Waals surface area contributed by atoms with Crippen LogP contribution in [-0.4, -0.2) is 6.54 Å². The van der Waals surface area contributed by atoms with E-state index in [9.17, 15) is 0 Å². The summed E-state index contributed by atoms with van der Waals surface area (Å²) in [6, 6.07) is 15.8. The summed E-state index contributed by atoms with van der Waals surface area (Å²) in [7, 11) is 0. The molecule has 0 saturated carbocycles. The first-order valence-electron chi connectivity index (χ1n) is 5.67. The third kappa shape index (κ3) is 3.25. The van der Waals surface area contributed by atoms with Gasteiger partial charge >= 0.3 is 0 Å². The van der Waals surface area contributed by atoms with Gasteiger partial charge < -0.3 is 11.1 Å². The lowest BCUT2D eigenvalue weighted by molar-refractivity contribution is 0.786. The van der Waals surface area contributed by atoms with Crippen molar-refractivity contribution < 1.29 is 0 Å². The summed E-state index contributed by atoms with van der Waals surface area (Å²) in [6.07, 6.45) is 0. The summed E-state index contributed by atoms with van der Waals surface area (Å²) in [6.45, 7) is 0.509. The van der Waals surface area contributed by atoms with Crippen LogP contribution >= 0.6 is 27.5 Å². The van der Waals surface area contributed by atoms with Crippen LogP contribution in [0, 0.1) is 0 Å². The zero-order valence-corrected chi connectivity index (χ0v) is 12.1. The quantitative estimate of drug-likeness (QED) is 0.883. The molecule has 94 valence electrons. The van der Waals surface area contributed by atoms with Crippen molar-refractivity contribution in [3.05, 3.63) is 63.6 Å². The maximum absolute atomic E-state index is 5.94. The van der Waals surface area contributed by atoms with Crippen molar-refractivity contribution in [2.24, 2.45) is 5.73 Å². The molecule has 2 rings (SSSR count). The van der Waals surface area contributed by atoms with Crippen molar-refractivity contribution in [3.8, 4) is 0 Å². The number of anilines is 1. The van der Waals surface area contributed by atoms with Gasteiger partial charge in [0.05, 0.1) is 6.04 Å². The van der Waals surface area contributed by atoms with E-state index in [0.717, 1.165) is 15.7 Å². The number of rotatable bonds is 4. The van der Waals surface area contributed by atoms with E-state index in [-0.39, 0.29) is 6.04 Å². The second-order valence-corrected chi connectivity index (χ2v) is 5.26. The van der Waals surface area contributed by atoms with E-state index in [0.29, 0.717) is 11.6 Å². The van der Waals surface area contributed by atoms with E-state index in [1.54, 1.807) is 0 Å². The molecule has 2 aromatic carbocycles. The highest BCUT2D eigenvalue weighted by atomic mass is 79.9. The first-order valence-corrected chi connectivity index (χ1v) is 6.84. The summed E-state index contributed by atoms with van der Waals surface area (Å²) in [5.74, 6) is 0. The van der Waals surface area contributed by atoms with Crippen LogP contribution in [0.2, 0.25) is 5.02 Å². The van der Waals surface area contributed by atoms with Crippen molar-refractivity contribution in [2.45, 2.75) is 6.04 Å². The van der Waals surface area contributed by atoms with Gasteiger partial charge in [-0.1, -0.05) is 51.8 Å². The van der Waals surface area contributed by atoms with Gasteiger partial charge in [0.25, 0.3) is 0 Å². The van der Waals surface area contributed by atoms with Gasteiger partial charge in [-0.15, -0.1) is 0 Å². The maximum Gasteiger partial charge on any atom is 0.0647 e. The van der Waals surface area contributed by atoms with Crippen molar-refractivity contribution in [1.29, 1.82) is 0 Å². The first-order chi connectivity index (χ1) is 8.70. The van der Waals surface area contributed by atoms with Crippen LogP contribution in [0.4, 0.5) is 5.69 Å². The van der Waals surface area contributed by atoms with E-state index in [1.165, 1.54) is 0 Å². The van der Waals surface area contributed by atoms with Crippen LogP contribution in [0.1, 0.15) is 11.6 Å². The molecule has 1 unspecified atom stereocenters. The number of hydrogen-bond donors (Lipinski definition) is 2. The van der Waals surface area contributed by atoms with E-state index in [1.807, 2.05) is 48.5 Å². The number of benzene rings is 2. The summed E-state index contributed by atoms with van der Waals surface area (Å²) in [5.41, 5.74) is 8.00. The molecule has 0 fully saturated rings. The largest absolute Gasteiger partial charge is 0.377 e. The first kappa shape index (κ1) is 13.4. The Morgan fingerprint density at radius 2 is 1.89 bits per heavy atom. The normalized spacial score (nSPS) is 12.2. The summed E-state index contributed by atoms with van der Waals surface area (Å²) in [5, 5.41) is 4.12. The molecule has 1 atom stereocenters. The SMILES string of the molecule is NCC(Nc1ccccc1)c1ccc(Cl)cc1Br. The fourth-order valence-corrected chi connectivity index (χ4v) is 2.74. The Balaban J connectivity index is 2.23. The van der Waals surface area contributed by atoms with Crippen LogP contribution in [-0.2, 0) is 0 Å². The molecular weight excluding hydrogens is 312 g/mol. The molecule has 0 amide bonds. The van der Waals surface area contributed by atoms with Crippen LogP contribution < -0.4 is 11.1 Å². The predicted octanol–water partition coefficient (Wildman–Crippen LogP) is 4.21. The third-order valence-corrected chi connectivity index (χ3v) is 3.61. The van der Waals surface area contributed by atoms with Gasteiger partial charge in [-0.05, 0) is 29.8 Å². The Labute approximate surface area is 120 Å². The lowest BCUT2D eigenvalue weighted by Gasteiger charge is -2.20. The Bertz CT molecular complexity index is 516. The van der Waals surface area contributed by atoms with Gasteiger partial charge in [0, 0.05) is 21.7 Å².